The molecule has 0 radical (unpaired) electrons. The van der Waals surface area contributed by atoms with Crippen molar-refractivity contribution in [1.29, 1.82) is 0 Å². The summed E-state index contributed by atoms with van der Waals surface area (Å²) in [6.07, 6.45) is 1.05. The Morgan fingerprint density at radius 3 is 2.62 bits per heavy atom. The molecule has 21 heavy (non-hydrogen) atoms. The molecule has 1 aliphatic rings. The lowest BCUT2D eigenvalue weighted by Crippen LogP contribution is -2.39. The zero-order valence-electron chi connectivity index (χ0n) is 11.5. The van der Waals surface area contributed by atoms with Crippen molar-refractivity contribution in [3.05, 3.63) is 27.2 Å². The van der Waals surface area contributed by atoms with Crippen LogP contribution in [0.5, 0.6) is 0 Å². The predicted octanol–water partition coefficient (Wildman–Crippen LogP) is 3.30. The van der Waals surface area contributed by atoms with Crippen LogP contribution in [0, 0.1) is 0 Å². The fourth-order valence-electron chi connectivity index (χ4n) is 2.18. The number of anilines is 1. The van der Waals surface area contributed by atoms with E-state index in [4.69, 9.17) is 34.8 Å². The topological polar surface area (TPSA) is 44.4 Å². The molecule has 1 aliphatic heterocycles. The average molecular weight is 373 g/mol. The Kier molecular flexibility index (Phi) is 7.54. The number of halogens is 4. The van der Waals surface area contributed by atoms with E-state index in [0.717, 1.165) is 19.5 Å². The van der Waals surface area contributed by atoms with Crippen LogP contribution < -0.4 is 10.6 Å². The Morgan fingerprint density at radius 1 is 1.33 bits per heavy atom. The van der Waals surface area contributed by atoms with Crippen LogP contribution in [0.4, 0.5) is 5.69 Å². The summed E-state index contributed by atoms with van der Waals surface area (Å²) >= 11 is 17.8. The molecule has 2 N–H and O–H groups in total. The molecule has 0 bridgehead atoms. The van der Waals surface area contributed by atoms with Crippen molar-refractivity contribution < 1.29 is 4.79 Å². The summed E-state index contributed by atoms with van der Waals surface area (Å²) in [6, 6.07) is 3.47. The minimum absolute atomic E-state index is 0. The second-order valence-corrected chi connectivity index (χ2v) is 6.08. The Hall–Kier alpha value is -0.230. The molecule has 0 spiro atoms. The van der Waals surface area contributed by atoms with Crippen LogP contribution >= 0.6 is 47.2 Å². The van der Waals surface area contributed by atoms with Crippen molar-refractivity contribution >= 4 is 58.8 Å². The van der Waals surface area contributed by atoms with Gasteiger partial charge in [-0.2, -0.15) is 0 Å². The fourth-order valence-corrected chi connectivity index (χ4v) is 2.77. The first-order valence-corrected chi connectivity index (χ1v) is 7.46. The van der Waals surface area contributed by atoms with Gasteiger partial charge in [-0.15, -0.1) is 12.4 Å². The molecule has 0 saturated carbocycles. The van der Waals surface area contributed by atoms with E-state index in [1.54, 1.807) is 6.07 Å². The smallest absolute Gasteiger partial charge is 0.238 e. The zero-order chi connectivity index (χ0) is 14.7. The quantitative estimate of drug-likeness (QED) is 0.797. The highest BCUT2D eigenvalue weighted by Gasteiger charge is 2.21. The molecule has 4 nitrogen and oxygen atoms in total. The number of rotatable bonds is 4. The van der Waals surface area contributed by atoms with Crippen LogP contribution in [0.15, 0.2) is 12.1 Å². The summed E-state index contributed by atoms with van der Waals surface area (Å²) < 4.78 is 0. The molecule has 1 aromatic carbocycles. The number of likely N-dealkylation sites (N-methyl/N-ethyl adjacent to an activating group) is 1. The molecule has 1 unspecified atom stereocenters. The first kappa shape index (κ1) is 18.8. The maximum Gasteiger partial charge on any atom is 0.238 e. The zero-order valence-corrected chi connectivity index (χ0v) is 14.5. The van der Waals surface area contributed by atoms with Gasteiger partial charge in [-0.25, -0.2) is 0 Å². The lowest BCUT2D eigenvalue weighted by atomic mass is 10.2. The average Bonchev–Trinajstić information content (AvgIpc) is 2.89. The molecule has 1 amide bonds. The van der Waals surface area contributed by atoms with E-state index in [2.05, 4.69) is 10.6 Å². The first-order valence-electron chi connectivity index (χ1n) is 6.32. The third kappa shape index (κ3) is 5.16. The minimum atomic E-state index is -0.125. The van der Waals surface area contributed by atoms with Crippen molar-refractivity contribution in [3.8, 4) is 0 Å². The van der Waals surface area contributed by atoms with Crippen molar-refractivity contribution in [3.63, 3.8) is 0 Å². The van der Waals surface area contributed by atoms with Crippen LogP contribution in [0.3, 0.4) is 0 Å². The normalized spacial score (nSPS) is 17.7. The van der Waals surface area contributed by atoms with Gasteiger partial charge in [0, 0.05) is 12.6 Å². The predicted molar refractivity (Wildman–Crippen MR) is 91.3 cm³/mol. The van der Waals surface area contributed by atoms with Crippen LogP contribution in [-0.2, 0) is 4.79 Å². The van der Waals surface area contributed by atoms with Gasteiger partial charge in [-0.05, 0) is 32.1 Å². The van der Waals surface area contributed by atoms with Crippen LogP contribution in [-0.4, -0.2) is 43.5 Å². The van der Waals surface area contributed by atoms with Gasteiger partial charge in [0.1, 0.15) is 0 Å². The monoisotopic (exact) mass is 371 g/mol. The molecule has 1 atom stereocenters. The van der Waals surface area contributed by atoms with Gasteiger partial charge >= 0.3 is 0 Å². The second-order valence-electron chi connectivity index (χ2n) is 4.86. The lowest BCUT2D eigenvalue weighted by molar-refractivity contribution is -0.117. The molecular formula is C13H17Cl4N3O. The van der Waals surface area contributed by atoms with Gasteiger partial charge in [0.15, 0.2) is 0 Å². The highest BCUT2D eigenvalue weighted by molar-refractivity contribution is 6.44. The maximum absolute atomic E-state index is 12.0. The number of carbonyl (C=O) groups excluding carboxylic acids is 1. The van der Waals surface area contributed by atoms with Crippen molar-refractivity contribution in [2.24, 2.45) is 0 Å². The van der Waals surface area contributed by atoms with Gasteiger partial charge in [0.05, 0.1) is 27.3 Å². The second kappa shape index (κ2) is 8.42. The Labute approximate surface area is 145 Å². The molecule has 1 aromatic rings. The van der Waals surface area contributed by atoms with Gasteiger partial charge in [-0.3, -0.25) is 9.69 Å². The number of hydrogen-bond acceptors (Lipinski definition) is 3. The number of benzene rings is 1. The van der Waals surface area contributed by atoms with E-state index < -0.39 is 0 Å². The first-order chi connectivity index (χ1) is 9.47. The molecule has 1 heterocycles. The minimum Gasteiger partial charge on any atom is -0.324 e. The summed E-state index contributed by atoms with van der Waals surface area (Å²) in [5, 5.41) is 7.13. The summed E-state index contributed by atoms with van der Waals surface area (Å²) in [7, 11) is 1.94. The van der Waals surface area contributed by atoms with E-state index >= 15 is 0 Å². The summed E-state index contributed by atoms with van der Waals surface area (Å²) in [6.45, 7) is 2.22. The van der Waals surface area contributed by atoms with Gasteiger partial charge < -0.3 is 10.6 Å². The molecule has 118 valence electrons. The van der Waals surface area contributed by atoms with E-state index in [9.17, 15) is 4.79 Å². The summed E-state index contributed by atoms with van der Waals surface area (Å²) in [4.78, 5) is 14.0. The Bertz CT molecular complexity index is 506. The Morgan fingerprint density at radius 2 is 2.00 bits per heavy atom. The molecule has 0 aromatic heterocycles. The number of amides is 1. The maximum atomic E-state index is 12.0. The largest absolute Gasteiger partial charge is 0.324 e. The number of carbonyl (C=O) groups is 1. The van der Waals surface area contributed by atoms with E-state index in [-0.39, 0.29) is 18.3 Å². The Balaban J connectivity index is 0.00000220. The van der Waals surface area contributed by atoms with E-state index in [1.165, 1.54) is 6.07 Å². The molecule has 1 saturated heterocycles. The highest BCUT2D eigenvalue weighted by atomic mass is 35.5. The number of nitrogens with one attached hydrogen (secondary N) is 2. The third-order valence-corrected chi connectivity index (χ3v) is 4.37. The molecule has 8 heteroatoms. The number of nitrogens with zero attached hydrogens (tertiary/aromatic N) is 1. The molecular weight excluding hydrogens is 356 g/mol. The molecule has 0 aliphatic carbocycles. The highest BCUT2D eigenvalue weighted by Crippen LogP contribution is 2.32. The van der Waals surface area contributed by atoms with E-state index in [0.29, 0.717) is 33.3 Å². The fraction of sp³-hybridized carbons (Fsp3) is 0.462. The lowest BCUT2D eigenvalue weighted by Gasteiger charge is -2.22. The van der Waals surface area contributed by atoms with E-state index in [1.807, 2.05) is 11.9 Å². The SMILES string of the molecule is CN(CC(=O)Nc1cc(Cl)c(Cl)cc1Cl)C1CCNC1.Cl. The van der Waals surface area contributed by atoms with Crippen molar-refractivity contribution in [1.82, 2.24) is 10.2 Å². The van der Waals surface area contributed by atoms with Gasteiger partial charge in [-0.1, -0.05) is 34.8 Å². The molecule has 2 rings (SSSR count). The summed E-state index contributed by atoms with van der Waals surface area (Å²) in [5.41, 5.74) is 0.476. The van der Waals surface area contributed by atoms with Crippen LogP contribution in [0.25, 0.3) is 0 Å². The van der Waals surface area contributed by atoms with Crippen LogP contribution in [0.2, 0.25) is 15.1 Å². The summed E-state index contributed by atoms with van der Waals surface area (Å²) in [5.74, 6) is -0.125. The molecule has 1 fully saturated rings. The number of hydrogen-bond donors (Lipinski definition) is 2. The van der Waals surface area contributed by atoms with Gasteiger partial charge in [0.2, 0.25) is 5.91 Å². The van der Waals surface area contributed by atoms with Gasteiger partial charge in [0.25, 0.3) is 0 Å². The standard InChI is InChI=1S/C13H16Cl3N3O.ClH/c1-19(8-2-3-17-6-8)7-13(20)18-12-5-10(15)9(14)4-11(12)16;/h4-5,8,17H,2-3,6-7H2,1H3,(H,18,20);1H. The van der Waals surface area contributed by atoms with Crippen molar-refractivity contribution in [2.75, 3.05) is 32.0 Å². The van der Waals surface area contributed by atoms with Crippen molar-refractivity contribution in [2.45, 2.75) is 12.5 Å². The van der Waals surface area contributed by atoms with Crippen LogP contribution in [0.1, 0.15) is 6.42 Å². The third-order valence-electron chi connectivity index (χ3n) is 3.33.